The molecule has 2 atom stereocenters. The van der Waals surface area contributed by atoms with Crippen molar-refractivity contribution in [1.29, 1.82) is 0 Å². The van der Waals surface area contributed by atoms with Crippen molar-refractivity contribution in [3.63, 3.8) is 0 Å². The molecule has 1 aliphatic heterocycles. The predicted octanol–water partition coefficient (Wildman–Crippen LogP) is 2.66. The highest BCUT2D eigenvalue weighted by molar-refractivity contribution is 9.12. The third-order valence-corrected chi connectivity index (χ3v) is 6.07. The second-order valence-electron chi connectivity index (χ2n) is 6.92. The van der Waals surface area contributed by atoms with Crippen LogP contribution in [0.5, 0.6) is 0 Å². The van der Waals surface area contributed by atoms with Crippen LogP contribution in [-0.4, -0.2) is 66.8 Å². The first-order chi connectivity index (χ1) is 13.0. The molecule has 0 spiro atoms. The van der Waals surface area contributed by atoms with Crippen LogP contribution < -0.4 is 0 Å². The lowest BCUT2D eigenvalue weighted by Gasteiger charge is -2.43. The molecule has 6 nitrogen and oxygen atoms in total. The van der Waals surface area contributed by atoms with Crippen LogP contribution >= 0.6 is 15.9 Å². The fraction of sp³-hybridized carbons (Fsp3) is 0.650. The molecule has 2 unspecified atom stereocenters. The van der Waals surface area contributed by atoms with Gasteiger partial charge >= 0.3 is 0 Å². The van der Waals surface area contributed by atoms with Crippen LogP contribution in [0.25, 0.3) is 0 Å². The van der Waals surface area contributed by atoms with Gasteiger partial charge in [0.25, 0.3) is 0 Å². The number of amides is 1. The van der Waals surface area contributed by atoms with Gasteiger partial charge in [-0.15, -0.1) is 0 Å². The number of aliphatic hydroxyl groups excluding tert-OH is 1. The molecule has 0 saturated carbocycles. The molecule has 0 bridgehead atoms. The van der Waals surface area contributed by atoms with E-state index < -0.39 is 5.79 Å². The third-order valence-electron chi connectivity index (χ3n) is 5.24. The highest BCUT2D eigenvalue weighted by Crippen LogP contribution is 2.42. The zero-order chi connectivity index (χ0) is 19.9. The van der Waals surface area contributed by atoms with E-state index in [0.29, 0.717) is 45.4 Å². The van der Waals surface area contributed by atoms with Crippen LogP contribution in [0, 0.1) is 0 Å². The second kappa shape index (κ2) is 10.5. The molecular weight excluding hydrogens is 414 g/mol. The molecule has 0 aromatic rings. The van der Waals surface area contributed by atoms with Crippen molar-refractivity contribution >= 4 is 22.3 Å². The summed E-state index contributed by atoms with van der Waals surface area (Å²) in [4.78, 5) is 13.5. The Kier molecular flexibility index (Phi) is 8.69. The predicted molar refractivity (Wildman–Crippen MR) is 107 cm³/mol. The van der Waals surface area contributed by atoms with Crippen LogP contribution in [0.15, 0.2) is 33.4 Å². The van der Waals surface area contributed by atoms with Gasteiger partial charge in [-0.05, 0) is 43.4 Å². The zero-order valence-electron chi connectivity index (χ0n) is 16.1. The van der Waals surface area contributed by atoms with E-state index in [-0.39, 0.29) is 12.6 Å². The number of carbonyl (C=O) groups excluding carboxylic acids is 1. The minimum absolute atomic E-state index is 0.0706. The number of ether oxygens (including phenoxy) is 2. The van der Waals surface area contributed by atoms with Gasteiger partial charge in [0.05, 0.1) is 19.3 Å². The molecule has 0 fully saturated rings. The highest BCUT2D eigenvalue weighted by Gasteiger charge is 2.39. The summed E-state index contributed by atoms with van der Waals surface area (Å²) in [5, 5.41) is 20.1. The normalized spacial score (nSPS) is 27.0. The summed E-state index contributed by atoms with van der Waals surface area (Å²) >= 11 is 3.56. The minimum atomic E-state index is -1.09. The first-order valence-corrected chi connectivity index (χ1v) is 10.2. The van der Waals surface area contributed by atoms with E-state index in [1.54, 1.807) is 13.2 Å². The van der Waals surface area contributed by atoms with E-state index >= 15 is 0 Å². The number of methoxy groups -OCH3 is 1. The summed E-state index contributed by atoms with van der Waals surface area (Å²) in [6.07, 6.45) is 7.66. The van der Waals surface area contributed by atoms with E-state index in [0.717, 1.165) is 22.9 Å². The Morgan fingerprint density at radius 3 is 2.81 bits per heavy atom. The monoisotopic (exact) mass is 443 g/mol. The standard InChI is InChI=1S/C20H30BrNO5/c1-3-27-20(25)8-4-17-16(13-20)5-9-22(14-24)19(17)12-15(6-10-23)18(21)7-11-26-2/h6-7,14,19,23,25H,3-5,8-13H2,1-2H3/b15-6-,18-7+. The second-order valence-corrected chi connectivity index (χ2v) is 7.77. The van der Waals surface area contributed by atoms with Crippen LogP contribution in [0.1, 0.15) is 39.0 Å². The van der Waals surface area contributed by atoms with E-state index in [1.807, 2.05) is 17.9 Å². The van der Waals surface area contributed by atoms with Crippen LogP contribution in [0.2, 0.25) is 0 Å². The van der Waals surface area contributed by atoms with Crippen molar-refractivity contribution in [2.45, 2.75) is 50.9 Å². The lowest BCUT2D eigenvalue weighted by atomic mass is 9.78. The Bertz CT molecular complexity index is 615. The third kappa shape index (κ3) is 5.74. The Morgan fingerprint density at radius 1 is 1.41 bits per heavy atom. The van der Waals surface area contributed by atoms with Gasteiger partial charge in [-0.2, -0.15) is 0 Å². The summed E-state index contributed by atoms with van der Waals surface area (Å²) in [6, 6.07) is -0.0706. The summed E-state index contributed by atoms with van der Waals surface area (Å²) in [5.41, 5.74) is 3.35. The Morgan fingerprint density at radius 2 is 2.19 bits per heavy atom. The maximum absolute atomic E-state index is 11.7. The number of allylic oxidation sites excluding steroid dienone is 1. The van der Waals surface area contributed by atoms with Gasteiger partial charge in [0.2, 0.25) is 6.41 Å². The summed E-state index contributed by atoms with van der Waals surface area (Å²) in [6.45, 7) is 3.37. The van der Waals surface area contributed by atoms with Gasteiger partial charge in [-0.1, -0.05) is 27.6 Å². The average molecular weight is 444 g/mol. The van der Waals surface area contributed by atoms with Crippen molar-refractivity contribution in [2.24, 2.45) is 0 Å². The number of nitrogens with zero attached hydrogens (tertiary/aromatic N) is 1. The first kappa shape index (κ1) is 22.3. The largest absolute Gasteiger partial charge is 0.392 e. The molecule has 152 valence electrons. The summed E-state index contributed by atoms with van der Waals surface area (Å²) < 4.78 is 11.5. The molecular formula is C20H30BrNO5. The first-order valence-electron chi connectivity index (χ1n) is 9.41. The summed E-state index contributed by atoms with van der Waals surface area (Å²) in [5.74, 6) is -1.09. The lowest BCUT2D eigenvalue weighted by molar-refractivity contribution is -0.207. The van der Waals surface area contributed by atoms with Crippen LogP contribution in [-0.2, 0) is 14.3 Å². The van der Waals surface area contributed by atoms with Crippen molar-refractivity contribution < 1.29 is 24.5 Å². The van der Waals surface area contributed by atoms with Gasteiger partial charge in [-0.25, -0.2) is 0 Å². The zero-order valence-corrected chi connectivity index (χ0v) is 17.7. The van der Waals surface area contributed by atoms with E-state index in [2.05, 4.69) is 15.9 Å². The number of rotatable bonds is 9. The molecule has 1 amide bonds. The molecule has 2 aliphatic rings. The maximum Gasteiger partial charge on any atom is 0.210 e. The van der Waals surface area contributed by atoms with E-state index in [4.69, 9.17) is 9.47 Å². The molecule has 1 aliphatic carbocycles. The fourth-order valence-electron chi connectivity index (χ4n) is 3.96. The molecule has 7 heteroatoms. The number of carbonyl (C=O) groups is 1. The maximum atomic E-state index is 11.7. The molecule has 0 aromatic heterocycles. The average Bonchev–Trinajstić information content (AvgIpc) is 2.65. The Labute approximate surface area is 169 Å². The van der Waals surface area contributed by atoms with Crippen molar-refractivity contribution in [2.75, 3.05) is 33.5 Å². The van der Waals surface area contributed by atoms with Crippen LogP contribution in [0.3, 0.4) is 0 Å². The van der Waals surface area contributed by atoms with Gasteiger partial charge < -0.3 is 24.6 Å². The van der Waals surface area contributed by atoms with Crippen molar-refractivity contribution in [3.05, 3.63) is 33.4 Å². The lowest BCUT2D eigenvalue weighted by Crippen LogP contribution is -2.45. The number of hydrogen-bond acceptors (Lipinski definition) is 5. The topological polar surface area (TPSA) is 79.2 Å². The SMILES string of the molecule is CCOC1(O)CCC2=C(CCN(C=O)C2CC(=C/CO)/C(Br)=C\COC)C1. The molecule has 2 rings (SSSR count). The van der Waals surface area contributed by atoms with Gasteiger partial charge in [0.15, 0.2) is 5.79 Å². The number of aliphatic hydroxyl groups is 2. The fourth-order valence-corrected chi connectivity index (χ4v) is 4.41. The summed E-state index contributed by atoms with van der Waals surface area (Å²) in [7, 11) is 1.63. The van der Waals surface area contributed by atoms with E-state index in [9.17, 15) is 15.0 Å². The van der Waals surface area contributed by atoms with Gasteiger partial charge in [0, 0.05) is 37.6 Å². The van der Waals surface area contributed by atoms with Crippen molar-refractivity contribution in [3.8, 4) is 0 Å². The number of halogens is 1. The highest BCUT2D eigenvalue weighted by atomic mass is 79.9. The van der Waals surface area contributed by atoms with E-state index in [1.165, 1.54) is 11.1 Å². The Balaban J connectivity index is 2.28. The van der Waals surface area contributed by atoms with Gasteiger partial charge in [-0.3, -0.25) is 4.79 Å². The van der Waals surface area contributed by atoms with Gasteiger partial charge in [0.1, 0.15) is 0 Å². The van der Waals surface area contributed by atoms with Crippen molar-refractivity contribution in [1.82, 2.24) is 4.90 Å². The molecule has 0 aromatic carbocycles. The molecule has 0 saturated heterocycles. The quantitative estimate of drug-likeness (QED) is 0.248. The smallest absolute Gasteiger partial charge is 0.210 e. The molecule has 2 N–H and O–H groups in total. The Hall–Kier alpha value is -0.990. The molecule has 0 radical (unpaired) electrons. The molecule has 1 heterocycles. The molecule has 27 heavy (non-hydrogen) atoms. The minimum Gasteiger partial charge on any atom is -0.392 e. The van der Waals surface area contributed by atoms with Crippen LogP contribution in [0.4, 0.5) is 0 Å². The number of hydrogen-bond donors (Lipinski definition) is 2.